The van der Waals surface area contributed by atoms with Crippen LogP contribution in [-0.4, -0.2) is 20.5 Å². The fraction of sp³-hybridized carbons (Fsp3) is 0.0870. The number of fused-ring (bicyclic) bond motifs is 1. The molecule has 0 saturated carbocycles. The van der Waals surface area contributed by atoms with Crippen LogP contribution < -0.4 is 9.04 Å². The highest BCUT2D eigenvalue weighted by atomic mass is 32.2. The minimum Gasteiger partial charge on any atom is -0.497 e. The summed E-state index contributed by atoms with van der Waals surface area (Å²) in [7, 11) is -2.29. The van der Waals surface area contributed by atoms with Gasteiger partial charge in [-0.15, -0.1) is 0 Å². The summed E-state index contributed by atoms with van der Waals surface area (Å²) in [6, 6.07) is 25.4. The van der Waals surface area contributed by atoms with Crippen LogP contribution >= 0.6 is 0 Å². The maximum atomic E-state index is 13.8. The molecule has 29 heavy (non-hydrogen) atoms. The van der Waals surface area contributed by atoms with E-state index in [1.54, 1.807) is 55.8 Å². The number of para-hydroxylation sites is 1. The third kappa shape index (κ3) is 3.79. The van der Waals surface area contributed by atoms with E-state index in [4.69, 9.17) is 4.74 Å². The quantitative estimate of drug-likeness (QED) is 0.470. The number of benzene rings is 3. The van der Waals surface area contributed by atoms with E-state index in [1.165, 1.54) is 4.31 Å². The van der Waals surface area contributed by atoms with E-state index in [-0.39, 0.29) is 11.4 Å². The molecule has 146 valence electrons. The Bertz CT molecular complexity index is 1220. The van der Waals surface area contributed by atoms with Gasteiger partial charge in [-0.2, -0.15) is 0 Å². The molecule has 0 aliphatic heterocycles. The highest BCUT2D eigenvalue weighted by molar-refractivity contribution is 7.93. The number of nitrogens with zero attached hydrogens (tertiary/aromatic N) is 2. The maximum Gasteiger partial charge on any atom is 0.266 e. The standard InChI is InChI=1S/C23H20N2O3S/c1-28-21-14-12-20(13-15-21)25(17-18-7-3-2-4-8-18)29(26,27)22-11-5-9-19-10-6-16-24-23(19)22/h2-16H,17H2,1H3. The second-order valence-corrected chi connectivity index (χ2v) is 8.36. The van der Waals surface area contributed by atoms with Crippen LogP contribution in [-0.2, 0) is 16.6 Å². The van der Waals surface area contributed by atoms with E-state index in [1.807, 2.05) is 42.5 Å². The van der Waals surface area contributed by atoms with Gasteiger partial charge in [0.05, 0.1) is 24.9 Å². The minimum absolute atomic E-state index is 0.183. The van der Waals surface area contributed by atoms with Crippen molar-refractivity contribution in [1.29, 1.82) is 0 Å². The first-order valence-corrected chi connectivity index (χ1v) is 10.6. The van der Waals surface area contributed by atoms with Crippen LogP contribution in [0.2, 0.25) is 0 Å². The lowest BCUT2D eigenvalue weighted by Gasteiger charge is -2.25. The first-order chi connectivity index (χ1) is 14.1. The summed E-state index contributed by atoms with van der Waals surface area (Å²) in [6.07, 6.45) is 1.61. The zero-order valence-electron chi connectivity index (χ0n) is 15.9. The Morgan fingerprint density at radius 1 is 0.862 bits per heavy atom. The number of rotatable bonds is 6. The number of hydrogen-bond donors (Lipinski definition) is 0. The van der Waals surface area contributed by atoms with Crippen molar-refractivity contribution in [3.8, 4) is 5.75 Å². The number of sulfonamides is 1. The zero-order chi connectivity index (χ0) is 20.3. The SMILES string of the molecule is COc1ccc(N(Cc2ccccc2)S(=O)(=O)c2cccc3cccnc23)cc1. The largest absolute Gasteiger partial charge is 0.497 e. The van der Waals surface area contributed by atoms with Crippen LogP contribution in [0.25, 0.3) is 10.9 Å². The van der Waals surface area contributed by atoms with Crippen molar-refractivity contribution >= 4 is 26.6 Å². The van der Waals surface area contributed by atoms with Gasteiger partial charge in [0.1, 0.15) is 10.6 Å². The van der Waals surface area contributed by atoms with E-state index in [2.05, 4.69) is 4.98 Å². The molecule has 0 unspecified atom stereocenters. The van der Waals surface area contributed by atoms with Crippen LogP contribution in [0.4, 0.5) is 5.69 Å². The minimum atomic E-state index is -3.87. The first-order valence-electron chi connectivity index (χ1n) is 9.14. The van der Waals surface area contributed by atoms with Gasteiger partial charge < -0.3 is 4.74 Å². The molecule has 6 heteroatoms. The Morgan fingerprint density at radius 2 is 1.59 bits per heavy atom. The first kappa shape index (κ1) is 19.0. The van der Waals surface area contributed by atoms with Gasteiger partial charge in [-0.1, -0.05) is 48.5 Å². The van der Waals surface area contributed by atoms with Crippen molar-refractivity contribution < 1.29 is 13.2 Å². The molecule has 0 fully saturated rings. The fourth-order valence-electron chi connectivity index (χ4n) is 3.22. The molecule has 0 bridgehead atoms. The van der Waals surface area contributed by atoms with E-state index in [0.29, 0.717) is 17.0 Å². The third-order valence-electron chi connectivity index (χ3n) is 4.69. The predicted molar refractivity (Wildman–Crippen MR) is 115 cm³/mol. The monoisotopic (exact) mass is 404 g/mol. The zero-order valence-corrected chi connectivity index (χ0v) is 16.7. The fourth-order valence-corrected chi connectivity index (χ4v) is 4.84. The average molecular weight is 404 g/mol. The molecule has 4 rings (SSSR count). The molecule has 0 aliphatic rings. The molecule has 0 amide bonds. The molecule has 4 aromatic rings. The van der Waals surface area contributed by atoms with Gasteiger partial charge in [-0.3, -0.25) is 9.29 Å². The second kappa shape index (κ2) is 7.93. The molecular formula is C23H20N2O3S. The van der Waals surface area contributed by atoms with Crippen molar-refractivity contribution in [2.75, 3.05) is 11.4 Å². The summed E-state index contributed by atoms with van der Waals surface area (Å²) in [5, 5.41) is 0.781. The van der Waals surface area contributed by atoms with Crippen molar-refractivity contribution in [3.05, 3.63) is 96.7 Å². The summed E-state index contributed by atoms with van der Waals surface area (Å²) < 4.78 is 34.1. The molecule has 0 N–H and O–H groups in total. The molecule has 0 spiro atoms. The number of aromatic nitrogens is 1. The van der Waals surface area contributed by atoms with Gasteiger partial charge in [0.2, 0.25) is 0 Å². The van der Waals surface area contributed by atoms with Crippen LogP contribution in [0.5, 0.6) is 5.75 Å². The summed E-state index contributed by atoms with van der Waals surface area (Å²) in [5.74, 6) is 0.664. The molecule has 0 saturated heterocycles. The molecule has 0 radical (unpaired) electrons. The van der Waals surface area contributed by atoms with E-state index >= 15 is 0 Å². The van der Waals surface area contributed by atoms with Gasteiger partial charge in [-0.05, 0) is 42.0 Å². The van der Waals surface area contributed by atoms with Crippen LogP contribution in [0.3, 0.4) is 0 Å². The average Bonchev–Trinajstić information content (AvgIpc) is 2.78. The summed E-state index contributed by atoms with van der Waals surface area (Å²) in [4.78, 5) is 4.51. The predicted octanol–water partition coefficient (Wildman–Crippen LogP) is 4.64. The van der Waals surface area contributed by atoms with E-state index in [0.717, 1.165) is 10.9 Å². The van der Waals surface area contributed by atoms with Crippen molar-refractivity contribution in [3.63, 3.8) is 0 Å². The van der Waals surface area contributed by atoms with Gasteiger partial charge in [0.15, 0.2) is 0 Å². The van der Waals surface area contributed by atoms with Gasteiger partial charge in [0, 0.05) is 11.6 Å². The molecule has 1 heterocycles. The molecule has 5 nitrogen and oxygen atoms in total. The summed E-state index contributed by atoms with van der Waals surface area (Å²) in [6.45, 7) is 0.207. The smallest absolute Gasteiger partial charge is 0.266 e. The number of pyridine rings is 1. The highest BCUT2D eigenvalue weighted by Crippen LogP contribution is 2.30. The topological polar surface area (TPSA) is 59.5 Å². The van der Waals surface area contributed by atoms with E-state index in [9.17, 15) is 8.42 Å². The van der Waals surface area contributed by atoms with Crippen LogP contribution in [0, 0.1) is 0 Å². The molecule has 3 aromatic carbocycles. The summed E-state index contributed by atoms with van der Waals surface area (Å²) >= 11 is 0. The lowest BCUT2D eigenvalue weighted by molar-refractivity contribution is 0.415. The highest BCUT2D eigenvalue weighted by Gasteiger charge is 2.27. The molecule has 0 aliphatic carbocycles. The lowest BCUT2D eigenvalue weighted by Crippen LogP contribution is -2.30. The molecule has 0 atom stereocenters. The Hall–Kier alpha value is -3.38. The Balaban J connectivity index is 1.86. The third-order valence-corrected chi connectivity index (χ3v) is 6.50. The molecule has 1 aromatic heterocycles. The van der Waals surface area contributed by atoms with Crippen molar-refractivity contribution in [2.24, 2.45) is 0 Å². The summed E-state index contributed by atoms with van der Waals surface area (Å²) in [5.41, 5.74) is 1.91. The second-order valence-electron chi connectivity index (χ2n) is 6.53. The van der Waals surface area contributed by atoms with E-state index < -0.39 is 10.0 Å². The normalized spacial score (nSPS) is 11.3. The number of hydrogen-bond acceptors (Lipinski definition) is 4. The molecular weight excluding hydrogens is 384 g/mol. The number of methoxy groups -OCH3 is 1. The lowest BCUT2D eigenvalue weighted by atomic mass is 10.2. The number of anilines is 1. The van der Waals surface area contributed by atoms with Crippen molar-refractivity contribution in [2.45, 2.75) is 11.4 Å². The van der Waals surface area contributed by atoms with Crippen molar-refractivity contribution in [1.82, 2.24) is 4.98 Å². The van der Waals surface area contributed by atoms with Gasteiger partial charge >= 0.3 is 0 Å². The Labute approximate surface area is 170 Å². The van der Waals surface area contributed by atoms with Gasteiger partial charge in [-0.25, -0.2) is 8.42 Å². The number of ether oxygens (including phenoxy) is 1. The maximum absolute atomic E-state index is 13.8. The van der Waals surface area contributed by atoms with Crippen LogP contribution in [0.1, 0.15) is 5.56 Å². The Morgan fingerprint density at radius 3 is 2.31 bits per heavy atom. The Kier molecular flexibility index (Phi) is 5.18. The van der Waals surface area contributed by atoms with Crippen LogP contribution in [0.15, 0.2) is 96.0 Å². The van der Waals surface area contributed by atoms with Gasteiger partial charge in [0.25, 0.3) is 10.0 Å².